The van der Waals surface area contributed by atoms with Crippen LogP contribution in [0.3, 0.4) is 0 Å². The Labute approximate surface area is 127 Å². The molecule has 0 aliphatic rings. The maximum Gasteiger partial charge on any atom is 0.166 e. The van der Waals surface area contributed by atoms with Gasteiger partial charge < -0.3 is 10.2 Å². The van der Waals surface area contributed by atoms with Gasteiger partial charge in [-0.3, -0.25) is 0 Å². The van der Waals surface area contributed by atoms with E-state index in [0.717, 1.165) is 21.7 Å². The Bertz CT molecular complexity index is 1000. The van der Waals surface area contributed by atoms with E-state index in [4.69, 9.17) is 0 Å². The van der Waals surface area contributed by atoms with Gasteiger partial charge in [0.1, 0.15) is 0 Å². The third kappa shape index (κ3) is 1.89. The minimum absolute atomic E-state index is 0.0683. The summed E-state index contributed by atoms with van der Waals surface area (Å²) < 4.78 is 0. The monoisotopic (exact) mass is 286 g/mol. The molecule has 0 saturated carbocycles. The van der Waals surface area contributed by atoms with Gasteiger partial charge in [-0.1, -0.05) is 60.7 Å². The second-order valence-corrected chi connectivity index (χ2v) is 5.40. The molecule has 0 spiro atoms. The largest absolute Gasteiger partial charge is 0.504 e. The SMILES string of the molecule is Oc1c(-c2ccc3ccccc3c2)cc2ccccc2c1O. The van der Waals surface area contributed by atoms with Crippen LogP contribution in [0.2, 0.25) is 0 Å². The third-order valence-electron chi connectivity index (χ3n) is 4.06. The summed E-state index contributed by atoms with van der Waals surface area (Å²) in [7, 11) is 0. The minimum Gasteiger partial charge on any atom is -0.504 e. The number of hydrogen-bond donors (Lipinski definition) is 2. The predicted molar refractivity (Wildman–Crippen MR) is 90.2 cm³/mol. The van der Waals surface area contributed by atoms with Crippen LogP contribution in [0.15, 0.2) is 72.8 Å². The van der Waals surface area contributed by atoms with Crippen molar-refractivity contribution in [3.05, 3.63) is 72.8 Å². The van der Waals surface area contributed by atoms with Crippen LogP contribution in [0.4, 0.5) is 0 Å². The van der Waals surface area contributed by atoms with E-state index in [1.807, 2.05) is 60.7 Å². The minimum atomic E-state index is -0.0750. The van der Waals surface area contributed by atoms with Crippen molar-refractivity contribution in [1.82, 2.24) is 0 Å². The molecule has 22 heavy (non-hydrogen) atoms. The zero-order valence-corrected chi connectivity index (χ0v) is 11.8. The molecular weight excluding hydrogens is 272 g/mol. The topological polar surface area (TPSA) is 40.5 Å². The van der Waals surface area contributed by atoms with Crippen molar-refractivity contribution in [1.29, 1.82) is 0 Å². The number of aromatic hydroxyl groups is 2. The van der Waals surface area contributed by atoms with Crippen LogP contribution in [0.1, 0.15) is 0 Å². The average Bonchev–Trinajstić information content (AvgIpc) is 2.58. The standard InChI is InChI=1S/C20H14O2/c21-19-17-8-4-3-7-15(17)12-18(20(19)22)16-10-9-13-5-1-2-6-14(13)11-16/h1-12,21-22H. The molecule has 2 heteroatoms. The number of fused-ring (bicyclic) bond motifs is 2. The van der Waals surface area contributed by atoms with Crippen LogP contribution < -0.4 is 0 Å². The lowest BCUT2D eigenvalue weighted by molar-refractivity contribution is 0.409. The van der Waals surface area contributed by atoms with E-state index < -0.39 is 0 Å². The maximum absolute atomic E-state index is 10.4. The summed E-state index contributed by atoms with van der Waals surface area (Å²) in [5.74, 6) is -0.143. The van der Waals surface area contributed by atoms with Crippen molar-refractivity contribution in [3.63, 3.8) is 0 Å². The highest BCUT2D eigenvalue weighted by Crippen LogP contribution is 2.42. The van der Waals surface area contributed by atoms with Crippen molar-refractivity contribution in [2.24, 2.45) is 0 Å². The first kappa shape index (κ1) is 12.7. The van der Waals surface area contributed by atoms with Crippen LogP contribution in [0, 0.1) is 0 Å². The van der Waals surface area contributed by atoms with Gasteiger partial charge in [0.15, 0.2) is 11.5 Å². The molecule has 0 bridgehead atoms. The molecule has 0 atom stereocenters. The van der Waals surface area contributed by atoms with Gasteiger partial charge in [-0.05, 0) is 33.9 Å². The zero-order chi connectivity index (χ0) is 15.1. The van der Waals surface area contributed by atoms with E-state index in [0.29, 0.717) is 10.9 Å². The van der Waals surface area contributed by atoms with Gasteiger partial charge in [0.2, 0.25) is 0 Å². The van der Waals surface area contributed by atoms with Crippen LogP contribution in [0.5, 0.6) is 11.5 Å². The zero-order valence-electron chi connectivity index (χ0n) is 11.8. The van der Waals surface area contributed by atoms with Gasteiger partial charge in [0.05, 0.1) is 0 Å². The lowest BCUT2D eigenvalue weighted by Crippen LogP contribution is -1.83. The van der Waals surface area contributed by atoms with Crippen LogP contribution >= 0.6 is 0 Å². The van der Waals surface area contributed by atoms with E-state index in [1.165, 1.54) is 0 Å². The average molecular weight is 286 g/mol. The van der Waals surface area contributed by atoms with Crippen molar-refractivity contribution < 1.29 is 10.2 Å². The highest BCUT2D eigenvalue weighted by atomic mass is 16.3. The highest BCUT2D eigenvalue weighted by molar-refractivity contribution is 5.97. The first-order chi connectivity index (χ1) is 10.7. The second-order valence-electron chi connectivity index (χ2n) is 5.40. The van der Waals surface area contributed by atoms with Crippen LogP contribution in [-0.2, 0) is 0 Å². The van der Waals surface area contributed by atoms with Crippen molar-refractivity contribution >= 4 is 21.5 Å². The Hall–Kier alpha value is -3.00. The Morgan fingerprint density at radius 3 is 2.05 bits per heavy atom. The summed E-state index contributed by atoms with van der Waals surface area (Å²) >= 11 is 0. The number of phenolic OH excluding ortho intramolecular Hbond substituents is 2. The fraction of sp³-hybridized carbons (Fsp3) is 0. The molecule has 0 heterocycles. The molecule has 2 N–H and O–H groups in total. The third-order valence-corrected chi connectivity index (χ3v) is 4.06. The predicted octanol–water partition coefficient (Wildman–Crippen LogP) is 5.07. The van der Waals surface area contributed by atoms with Gasteiger partial charge in [-0.2, -0.15) is 0 Å². The molecule has 4 aromatic rings. The first-order valence-corrected chi connectivity index (χ1v) is 7.17. The van der Waals surface area contributed by atoms with E-state index in [1.54, 1.807) is 6.07 Å². The van der Waals surface area contributed by atoms with Gasteiger partial charge >= 0.3 is 0 Å². The molecule has 0 aromatic heterocycles. The van der Waals surface area contributed by atoms with Gasteiger partial charge in [0, 0.05) is 10.9 Å². The number of benzene rings is 4. The van der Waals surface area contributed by atoms with Gasteiger partial charge in [0.25, 0.3) is 0 Å². The molecule has 0 unspecified atom stereocenters. The lowest BCUT2D eigenvalue weighted by Gasteiger charge is -2.11. The second kappa shape index (κ2) is 4.78. The van der Waals surface area contributed by atoms with Crippen molar-refractivity contribution in [2.75, 3.05) is 0 Å². The highest BCUT2D eigenvalue weighted by Gasteiger charge is 2.13. The fourth-order valence-corrected chi connectivity index (χ4v) is 2.89. The molecule has 0 aliphatic carbocycles. The van der Waals surface area contributed by atoms with E-state index in [2.05, 4.69) is 6.07 Å². The Kier molecular flexibility index (Phi) is 2.76. The molecule has 4 aromatic carbocycles. The summed E-state index contributed by atoms with van der Waals surface area (Å²) in [6, 6.07) is 23.5. The quantitative estimate of drug-likeness (QED) is 0.479. The maximum atomic E-state index is 10.4. The van der Waals surface area contributed by atoms with Crippen molar-refractivity contribution in [2.45, 2.75) is 0 Å². The summed E-state index contributed by atoms with van der Waals surface area (Å²) in [6.45, 7) is 0. The van der Waals surface area contributed by atoms with Gasteiger partial charge in [-0.25, -0.2) is 0 Å². The normalized spacial score (nSPS) is 11.1. The molecule has 0 saturated heterocycles. The Balaban J connectivity index is 2.01. The lowest BCUT2D eigenvalue weighted by atomic mass is 9.97. The molecule has 0 radical (unpaired) electrons. The van der Waals surface area contributed by atoms with E-state index >= 15 is 0 Å². The molecule has 2 nitrogen and oxygen atoms in total. The molecular formula is C20H14O2. The van der Waals surface area contributed by atoms with E-state index in [-0.39, 0.29) is 11.5 Å². The molecule has 106 valence electrons. The molecule has 0 aliphatic heterocycles. The molecule has 0 amide bonds. The fourth-order valence-electron chi connectivity index (χ4n) is 2.89. The smallest absolute Gasteiger partial charge is 0.166 e. The Morgan fingerprint density at radius 2 is 1.23 bits per heavy atom. The number of hydrogen-bond acceptors (Lipinski definition) is 2. The summed E-state index contributed by atoms with van der Waals surface area (Å²) in [6.07, 6.45) is 0. The summed E-state index contributed by atoms with van der Waals surface area (Å²) in [5.41, 5.74) is 1.53. The van der Waals surface area contributed by atoms with Crippen molar-refractivity contribution in [3.8, 4) is 22.6 Å². The first-order valence-electron chi connectivity index (χ1n) is 7.17. The molecule has 0 fully saturated rings. The number of phenols is 2. The summed E-state index contributed by atoms with van der Waals surface area (Å²) in [5, 5.41) is 24.4. The van der Waals surface area contributed by atoms with Crippen LogP contribution in [-0.4, -0.2) is 10.2 Å². The summed E-state index contributed by atoms with van der Waals surface area (Å²) in [4.78, 5) is 0. The molecule has 4 rings (SSSR count). The van der Waals surface area contributed by atoms with Gasteiger partial charge in [-0.15, -0.1) is 0 Å². The van der Waals surface area contributed by atoms with E-state index in [9.17, 15) is 10.2 Å². The Morgan fingerprint density at radius 1 is 0.545 bits per heavy atom. The van der Waals surface area contributed by atoms with Crippen LogP contribution in [0.25, 0.3) is 32.7 Å². The number of rotatable bonds is 1.